The van der Waals surface area contributed by atoms with Gasteiger partial charge in [-0.05, 0) is 85.8 Å². The molecule has 3 saturated heterocycles. The largest absolute Gasteiger partial charge is 0.507 e. The highest BCUT2D eigenvalue weighted by Crippen LogP contribution is 2.38. The third kappa shape index (κ3) is 9.39. The van der Waals surface area contributed by atoms with Crippen LogP contribution in [0.2, 0.25) is 0 Å². The van der Waals surface area contributed by atoms with E-state index in [2.05, 4.69) is 29.9 Å². The predicted octanol–water partition coefficient (Wildman–Crippen LogP) is 6.22. The Labute approximate surface area is 372 Å². The molecule has 3 amide bonds. The number of nitrogens with one attached hydrogen (secondary N) is 1. The fourth-order valence-corrected chi connectivity index (χ4v) is 9.92. The molecule has 5 heterocycles. The molecule has 0 spiro atoms. The van der Waals surface area contributed by atoms with Crippen LogP contribution in [0.4, 0.5) is 26.0 Å². The van der Waals surface area contributed by atoms with Gasteiger partial charge in [0.2, 0.25) is 12.3 Å². The Morgan fingerprint density at radius 3 is 2.52 bits per heavy atom. The van der Waals surface area contributed by atoms with E-state index in [4.69, 9.17) is 10.5 Å². The van der Waals surface area contributed by atoms with Crippen molar-refractivity contribution in [3.8, 4) is 17.0 Å². The number of alkyl halides is 1. The van der Waals surface area contributed by atoms with Crippen LogP contribution < -0.4 is 20.9 Å². The molecule has 0 aliphatic carbocycles. The number of aromatic nitrogens is 3. The number of imide groups is 1. The summed E-state index contributed by atoms with van der Waals surface area (Å²) in [6, 6.07) is 20.3. The minimum Gasteiger partial charge on any atom is -0.507 e. The van der Waals surface area contributed by atoms with E-state index in [1.807, 2.05) is 49.5 Å². The predicted molar refractivity (Wildman–Crippen MR) is 243 cm³/mol. The molecule has 14 nitrogen and oxygen atoms in total. The Bertz CT molecular complexity index is 2500. The Balaban J connectivity index is 0.848. The number of anilines is 3. The highest BCUT2D eigenvalue weighted by atomic mass is 19.1. The molecule has 2 aromatic heterocycles. The lowest BCUT2D eigenvalue weighted by Gasteiger charge is -2.41. The number of nitrogens with zero attached hydrogens (tertiary/aromatic N) is 7. The highest BCUT2D eigenvalue weighted by molar-refractivity contribution is 5.94. The van der Waals surface area contributed by atoms with E-state index in [0.717, 1.165) is 35.9 Å². The first-order valence-electron chi connectivity index (χ1n) is 22.1. The summed E-state index contributed by atoms with van der Waals surface area (Å²) in [6.07, 6.45) is 5.16. The maximum Gasteiger partial charge on any atom is 0.253 e. The minimum atomic E-state index is -1.40. The number of nitrogen functional groups attached to an aromatic ring is 1. The van der Waals surface area contributed by atoms with Crippen LogP contribution in [0.15, 0.2) is 72.9 Å². The quantitative estimate of drug-likeness (QED) is 0.115. The topological polar surface area (TPSA) is 162 Å². The van der Waals surface area contributed by atoms with Gasteiger partial charge >= 0.3 is 0 Å². The molecule has 3 aliphatic rings. The number of rotatable bonds is 13. The molecule has 16 heteroatoms. The minimum absolute atomic E-state index is 0.0610. The van der Waals surface area contributed by atoms with Gasteiger partial charge in [-0.2, -0.15) is 0 Å². The summed E-state index contributed by atoms with van der Waals surface area (Å²) in [7, 11) is 3.42. The second-order valence-corrected chi connectivity index (χ2v) is 17.6. The zero-order valence-electron chi connectivity index (χ0n) is 36.7. The molecule has 64 heavy (non-hydrogen) atoms. The summed E-state index contributed by atoms with van der Waals surface area (Å²) in [5.41, 5.74) is 10.6. The first-order valence-corrected chi connectivity index (χ1v) is 22.1. The molecule has 0 bridgehead atoms. The number of likely N-dealkylation sites (tertiary alicyclic amines) is 2. The van der Waals surface area contributed by atoms with Crippen molar-refractivity contribution < 1.29 is 33.0 Å². The van der Waals surface area contributed by atoms with E-state index in [1.54, 1.807) is 54.3 Å². The molecule has 3 aliphatic heterocycles. The van der Waals surface area contributed by atoms with Crippen LogP contribution >= 0.6 is 0 Å². The van der Waals surface area contributed by atoms with Gasteiger partial charge in [0.25, 0.3) is 5.91 Å². The normalized spacial score (nSPS) is 19.5. The molecule has 8 rings (SSSR count). The average molecular weight is 878 g/mol. The highest BCUT2D eigenvalue weighted by Gasteiger charge is 2.39. The van der Waals surface area contributed by atoms with Crippen molar-refractivity contribution >= 4 is 46.3 Å². The fraction of sp³-hybridized carbons (Fsp3) is 0.438. The third-order valence-corrected chi connectivity index (χ3v) is 13.6. The number of para-hydroxylation sites is 1. The zero-order chi connectivity index (χ0) is 45.1. The fourth-order valence-electron chi connectivity index (χ4n) is 9.92. The first-order chi connectivity index (χ1) is 30.8. The van der Waals surface area contributed by atoms with E-state index in [1.165, 1.54) is 0 Å². The van der Waals surface area contributed by atoms with Crippen molar-refractivity contribution in [2.45, 2.75) is 69.2 Å². The van der Waals surface area contributed by atoms with Gasteiger partial charge in [0.05, 0.1) is 28.7 Å². The number of hydrogen-bond acceptors (Lipinski definition) is 11. The maximum atomic E-state index is 16.4. The number of carbonyl (C=O) groups is 3. The van der Waals surface area contributed by atoms with Crippen LogP contribution in [-0.2, 0) is 14.3 Å². The van der Waals surface area contributed by atoms with E-state index in [9.17, 15) is 19.5 Å². The van der Waals surface area contributed by atoms with Gasteiger partial charge in [-0.25, -0.2) is 8.78 Å². The van der Waals surface area contributed by atoms with E-state index >= 15 is 8.78 Å². The smallest absolute Gasteiger partial charge is 0.253 e. The number of amides is 3. The van der Waals surface area contributed by atoms with Crippen LogP contribution in [0, 0.1) is 12.7 Å². The van der Waals surface area contributed by atoms with Crippen LogP contribution in [0.1, 0.15) is 72.0 Å². The summed E-state index contributed by atoms with van der Waals surface area (Å²) < 4.78 is 40.1. The number of ether oxygens (including phenoxy) is 1. The number of phenols is 1. The molecule has 2 atom stereocenters. The molecular formula is C48H57F2N9O5. The van der Waals surface area contributed by atoms with Gasteiger partial charge in [-0.15, -0.1) is 10.2 Å². The number of phenolic OH excluding ortho intramolecular Hbond substituents is 1. The number of nitrogens with two attached hydrogens (primary N) is 1. The van der Waals surface area contributed by atoms with Crippen molar-refractivity contribution in [1.82, 2.24) is 29.9 Å². The van der Waals surface area contributed by atoms with Crippen LogP contribution in [0.3, 0.4) is 0 Å². The van der Waals surface area contributed by atoms with E-state index in [-0.39, 0.29) is 67.2 Å². The monoisotopic (exact) mass is 877 g/mol. The molecule has 5 aromatic rings. The van der Waals surface area contributed by atoms with Crippen molar-refractivity contribution in [3.05, 3.63) is 95.4 Å². The Kier molecular flexibility index (Phi) is 13.1. The van der Waals surface area contributed by atoms with Gasteiger partial charge in [0, 0.05) is 120 Å². The number of halogens is 2. The second kappa shape index (κ2) is 18.9. The number of benzene rings is 3. The van der Waals surface area contributed by atoms with Crippen molar-refractivity contribution in [2.24, 2.45) is 0 Å². The summed E-state index contributed by atoms with van der Waals surface area (Å²) in [5, 5.41) is 21.6. The molecule has 338 valence electrons. The van der Waals surface area contributed by atoms with Crippen LogP contribution in [0.25, 0.3) is 22.2 Å². The standard InChI is InChI=1S/C48H57F2N9O5/c1-31-24-32(8-9-36(31)33-25-35(64-3)28-58(27-33)42-26-39(53-54-46(42)51)37-6-4-5-7-43(37)61)47(63)57-22-16-48(50,17-23-57)29-56-19-12-34(13-20-56)59-21-14-38-40(59)10-11-41(45(38)49)55(2)18-15-44(62)52-30-60/h4-11,14,21,24,26,30,33-35,61H,12-13,15-20,22-23,25,27-29H2,1-3H3,(H2,51,54)(H,52,60,62). The number of carbonyl (C=O) groups excluding carboxylic acids is 3. The number of hydrogen-bond donors (Lipinski definition) is 3. The number of aromatic hydroxyl groups is 1. The Hall–Kier alpha value is -6.13. The van der Waals surface area contributed by atoms with Crippen molar-refractivity contribution in [3.63, 3.8) is 0 Å². The van der Waals surface area contributed by atoms with Gasteiger partial charge in [0.15, 0.2) is 11.6 Å². The van der Waals surface area contributed by atoms with Gasteiger partial charge in [-0.3, -0.25) is 19.7 Å². The molecular weight excluding hydrogens is 821 g/mol. The van der Waals surface area contributed by atoms with Crippen LogP contribution in [0.5, 0.6) is 5.75 Å². The third-order valence-electron chi connectivity index (χ3n) is 13.6. The number of methoxy groups -OCH3 is 1. The Morgan fingerprint density at radius 2 is 1.80 bits per heavy atom. The summed E-state index contributed by atoms with van der Waals surface area (Å²) >= 11 is 0. The van der Waals surface area contributed by atoms with Crippen molar-refractivity contribution in [2.75, 3.05) is 82.0 Å². The summed E-state index contributed by atoms with van der Waals surface area (Å²) in [6.45, 7) is 5.95. The second-order valence-electron chi connectivity index (χ2n) is 17.6. The molecule has 3 fully saturated rings. The SMILES string of the molecule is COC1CC(c2ccc(C(=O)N3CCC(F)(CN4CCC(n5ccc6c(F)c(N(C)CCC(=O)NC=O)ccc65)CC4)CC3)cc2C)CN(c2cc(-c3ccccc3O)nnc2N)C1. The molecule has 4 N–H and O–H groups in total. The lowest BCUT2D eigenvalue weighted by Crippen LogP contribution is -2.51. The number of piperidine rings is 3. The van der Waals surface area contributed by atoms with E-state index < -0.39 is 11.6 Å². The first kappa shape index (κ1) is 44.5. The number of aryl methyl sites for hydroxylation is 1. The maximum absolute atomic E-state index is 16.4. The van der Waals surface area contributed by atoms with Gasteiger partial charge < -0.3 is 39.7 Å². The lowest BCUT2D eigenvalue weighted by molar-refractivity contribution is -0.125. The molecule has 2 unspecified atom stereocenters. The average Bonchev–Trinajstić information content (AvgIpc) is 3.74. The molecule has 0 radical (unpaired) electrons. The summed E-state index contributed by atoms with van der Waals surface area (Å²) in [4.78, 5) is 43.9. The molecule has 0 saturated carbocycles. The van der Waals surface area contributed by atoms with Crippen LogP contribution in [-0.4, -0.2) is 126 Å². The Morgan fingerprint density at radius 1 is 1.03 bits per heavy atom. The summed E-state index contributed by atoms with van der Waals surface area (Å²) in [5.74, 6) is -0.404. The number of fused-ring (bicyclic) bond motifs is 1. The lowest BCUT2D eigenvalue weighted by atomic mass is 9.85. The van der Waals surface area contributed by atoms with E-state index in [0.29, 0.717) is 85.8 Å². The zero-order valence-corrected chi connectivity index (χ0v) is 36.7. The van der Waals surface area contributed by atoms with Gasteiger partial charge in [-0.1, -0.05) is 18.2 Å². The molecule has 3 aromatic carbocycles. The van der Waals surface area contributed by atoms with Crippen molar-refractivity contribution in [1.29, 1.82) is 0 Å². The van der Waals surface area contributed by atoms with Gasteiger partial charge in [0.1, 0.15) is 11.4 Å².